The third-order valence-corrected chi connectivity index (χ3v) is 3.37. The molecule has 1 aromatic heterocycles. The minimum Gasteiger partial charge on any atom is -0.496 e. The first-order valence-electron chi connectivity index (χ1n) is 5.59. The Bertz CT molecular complexity index is 540. The molecule has 2 rings (SSSR count). The van der Waals surface area contributed by atoms with E-state index in [1.807, 2.05) is 31.4 Å². The molecule has 0 fully saturated rings. The summed E-state index contributed by atoms with van der Waals surface area (Å²) in [5.41, 5.74) is 1.86. The number of aromatic nitrogens is 2. The van der Waals surface area contributed by atoms with E-state index in [2.05, 4.69) is 21.0 Å². The lowest BCUT2D eigenvalue weighted by atomic mass is 10.0. The highest BCUT2D eigenvalue weighted by molar-refractivity contribution is 9.10. The summed E-state index contributed by atoms with van der Waals surface area (Å²) in [6.07, 6.45) is 3.67. The van der Waals surface area contributed by atoms with Crippen LogP contribution in [0.15, 0.2) is 35.1 Å². The lowest BCUT2D eigenvalue weighted by Crippen LogP contribution is -2.01. The van der Waals surface area contributed by atoms with E-state index in [0.29, 0.717) is 6.42 Å². The van der Waals surface area contributed by atoms with Crippen LogP contribution >= 0.6 is 15.9 Å². The number of ether oxygens (including phenoxy) is 1. The van der Waals surface area contributed by atoms with Gasteiger partial charge < -0.3 is 9.84 Å². The molecule has 1 aromatic carbocycles. The lowest BCUT2D eigenvalue weighted by Gasteiger charge is -2.11. The first-order chi connectivity index (χ1) is 8.60. The van der Waals surface area contributed by atoms with E-state index in [1.54, 1.807) is 18.0 Å². The number of nitrogens with zero attached hydrogens (tertiary/aromatic N) is 2. The smallest absolute Gasteiger partial charge is 0.133 e. The van der Waals surface area contributed by atoms with Gasteiger partial charge in [0.25, 0.3) is 0 Å². The Labute approximate surface area is 114 Å². The second-order valence-electron chi connectivity index (χ2n) is 4.14. The van der Waals surface area contributed by atoms with Gasteiger partial charge in [-0.15, -0.1) is 0 Å². The van der Waals surface area contributed by atoms with Crippen molar-refractivity contribution in [2.45, 2.75) is 12.5 Å². The van der Waals surface area contributed by atoms with E-state index in [1.165, 1.54) is 0 Å². The molecule has 1 heterocycles. The number of aryl methyl sites for hydroxylation is 1. The molecule has 0 aliphatic heterocycles. The molecule has 0 amide bonds. The molecular formula is C13H15BrN2O2. The van der Waals surface area contributed by atoms with E-state index in [-0.39, 0.29) is 0 Å². The van der Waals surface area contributed by atoms with Gasteiger partial charge in [0, 0.05) is 19.7 Å². The maximum absolute atomic E-state index is 10.2. The molecule has 1 unspecified atom stereocenters. The molecule has 0 saturated heterocycles. The normalized spacial score (nSPS) is 12.4. The Morgan fingerprint density at radius 1 is 1.50 bits per heavy atom. The molecule has 0 spiro atoms. The maximum atomic E-state index is 10.2. The van der Waals surface area contributed by atoms with Crippen molar-refractivity contribution >= 4 is 15.9 Å². The van der Waals surface area contributed by atoms with Crippen molar-refractivity contribution < 1.29 is 9.84 Å². The monoisotopic (exact) mass is 310 g/mol. The zero-order valence-electron chi connectivity index (χ0n) is 10.3. The SMILES string of the molecule is COc1ccc(C(O)Cc2cnn(C)c2)cc1Br. The van der Waals surface area contributed by atoms with Crippen molar-refractivity contribution in [1.82, 2.24) is 9.78 Å². The number of halogens is 1. The number of aliphatic hydroxyl groups excluding tert-OH is 1. The highest BCUT2D eigenvalue weighted by Gasteiger charge is 2.11. The van der Waals surface area contributed by atoms with Gasteiger partial charge >= 0.3 is 0 Å². The van der Waals surface area contributed by atoms with Gasteiger partial charge in [-0.05, 0) is 39.2 Å². The van der Waals surface area contributed by atoms with Gasteiger partial charge in [-0.1, -0.05) is 6.07 Å². The minimum atomic E-state index is -0.545. The molecule has 5 heteroatoms. The zero-order valence-corrected chi connectivity index (χ0v) is 11.9. The molecule has 0 radical (unpaired) electrons. The summed E-state index contributed by atoms with van der Waals surface area (Å²) in [6, 6.07) is 5.58. The molecule has 0 bridgehead atoms. The molecule has 2 aromatic rings. The average Bonchev–Trinajstić information content (AvgIpc) is 2.74. The second-order valence-corrected chi connectivity index (χ2v) is 4.99. The number of benzene rings is 1. The second kappa shape index (κ2) is 5.54. The van der Waals surface area contributed by atoms with Crippen LogP contribution in [0.1, 0.15) is 17.2 Å². The van der Waals surface area contributed by atoms with Crippen LogP contribution in [0.25, 0.3) is 0 Å². The molecule has 4 nitrogen and oxygen atoms in total. The minimum absolute atomic E-state index is 0.545. The predicted octanol–water partition coefficient (Wildman–Crippen LogP) is 2.47. The van der Waals surface area contributed by atoms with Crippen LogP contribution in [0.5, 0.6) is 5.75 Å². The number of rotatable bonds is 4. The summed E-state index contributed by atoms with van der Waals surface area (Å²) in [5, 5.41) is 14.3. The van der Waals surface area contributed by atoms with Crippen LogP contribution in [0, 0.1) is 0 Å². The zero-order chi connectivity index (χ0) is 13.1. The topological polar surface area (TPSA) is 47.3 Å². The summed E-state index contributed by atoms with van der Waals surface area (Å²) in [7, 11) is 3.48. The van der Waals surface area contributed by atoms with Gasteiger partial charge in [0.2, 0.25) is 0 Å². The Morgan fingerprint density at radius 2 is 2.28 bits per heavy atom. The summed E-state index contributed by atoms with van der Waals surface area (Å²) >= 11 is 3.41. The van der Waals surface area contributed by atoms with Crippen LogP contribution in [-0.4, -0.2) is 22.0 Å². The average molecular weight is 311 g/mol. The van der Waals surface area contributed by atoms with Crippen molar-refractivity contribution in [3.05, 3.63) is 46.2 Å². The van der Waals surface area contributed by atoms with Crippen LogP contribution in [0.2, 0.25) is 0 Å². The predicted molar refractivity (Wildman–Crippen MR) is 72.6 cm³/mol. The Kier molecular flexibility index (Phi) is 4.04. The fourth-order valence-corrected chi connectivity index (χ4v) is 2.37. The van der Waals surface area contributed by atoms with E-state index in [9.17, 15) is 5.11 Å². The van der Waals surface area contributed by atoms with Crippen molar-refractivity contribution in [2.75, 3.05) is 7.11 Å². The van der Waals surface area contributed by atoms with Crippen molar-refractivity contribution in [1.29, 1.82) is 0 Å². The fraction of sp³-hybridized carbons (Fsp3) is 0.308. The molecule has 0 aliphatic rings. The molecular weight excluding hydrogens is 296 g/mol. The van der Waals surface area contributed by atoms with Crippen molar-refractivity contribution in [3.8, 4) is 5.75 Å². The third kappa shape index (κ3) is 2.91. The molecule has 0 aliphatic carbocycles. The van der Waals surface area contributed by atoms with Gasteiger partial charge in [-0.2, -0.15) is 5.10 Å². The van der Waals surface area contributed by atoms with E-state index >= 15 is 0 Å². The van der Waals surface area contributed by atoms with Gasteiger partial charge in [0.1, 0.15) is 5.75 Å². The van der Waals surface area contributed by atoms with Crippen molar-refractivity contribution in [2.24, 2.45) is 7.05 Å². The van der Waals surface area contributed by atoms with E-state index in [0.717, 1.165) is 21.3 Å². The fourth-order valence-electron chi connectivity index (χ4n) is 1.81. The first kappa shape index (κ1) is 13.1. The van der Waals surface area contributed by atoms with E-state index < -0.39 is 6.10 Å². The molecule has 1 atom stereocenters. The third-order valence-electron chi connectivity index (χ3n) is 2.75. The van der Waals surface area contributed by atoms with Crippen LogP contribution < -0.4 is 4.74 Å². The summed E-state index contributed by atoms with van der Waals surface area (Å²) in [5.74, 6) is 0.757. The van der Waals surface area contributed by atoms with Gasteiger partial charge in [-0.3, -0.25) is 4.68 Å². The highest BCUT2D eigenvalue weighted by atomic mass is 79.9. The van der Waals surface area contributed by atoms with Gasteiger partial charge in [0.15, 0.2) is 0 Å². The summed E-state index contributed by atoms with van der Waals surface area (Å²) in [6.45, 7) is 0. The Balaban J connectivity index is 2.13. The molecule has 96 valence electrons. The summed E-state index contributed by atoms with van der Waals surface area (Å²) < 4.78 is 7.73. The lowest BCUT2D eigenvalue weighted by molar-refractivity contribution is 0.178. The van der Waals surface area contributed by atoms with E-state index in [4.69, 9.17) is 4.74 Å². The van der Waals surface area contributed by atoms with Gasteiger partial charge in [-0.25, -0.2) is 0 Å². The Hall–Kier alpha value is -1.33. The van der Waals surface area contributed by atoms with Crippen LogP contribution in [0.4, 0.5) is 0 Å². The number of hydrogen-bond donors (Lipinski definition) is 1. The number of aliphatic hydroxyl groups is 1. The molecule has 0 saturated carbocycles. The van der Waals surface area contributed by atoms with Crippen molar-refractivity contribution in [3.63, 3.8) is 0 Å². The number of hydrogen-bond acceptors (Lipinski definition) is 3. The van der Waals surface area contributed by atoms with Gasteiger partial charge in [0.05, 0.1) is 23.9 Å². The standard InChI is InChI=1S/C13H15BrN2O2/c1-16-8-9(7-15-16)5-12(17)10-3-4-13(18-2)11(14)6-10/h3-4,6-8,12,17H,5H2,1-2H3. The van der Waals surface area contributed by atoms with Crippen LogP contribution in [-0.2, 0) is 13.5 Å². The van der Waals surface area contributed by atoms with Crippen LogP contribution in [0.3, 0.4) is 0 Å². The number of methoxy groups -OCH3 is 1. The quantitative estimate of drug-likeness (QED) is 0.943. The highest BCUT2D eigenvalue weighted by Crippen LogP contribution is 2.29. The summed E-state index contributed by atoms with van der Waals surface area (Å²) in [4.78, 5) is 0. The first-order valence-corrected chi connectivity index (χ1v) is 6.38. The molecule has 18 heavy (non-hydrogen) atoms. The Morgan fingerprint density at radius 3 is 2.83 bits per heavy atom. The largest absolute Gasteiger partial charge is 0.496 e. The maximum Gasteiger partial charge on any atom is 0.133 e. The molecule has 1 N–H and O–H groups in total.